The number of aromatic nitrogens is 1. The summed E-state index contributed by atoms with van der Waals surface area (Å²) in [5.74, 6) is 5.57. The van der Waals surface area contributed by atoms with Crippen LogP contribution in [0.2, 0.25) is 5.02 Å². The van der Waals surface area contributed by atoms with E-state index >= 15 is 0 Å². The first-order chi connectivity index (χ1) is 9.61. The van der Waals surface area contributed by atoms with Crippen LogP contribution < -0.4 is 11.3 Å². The molecule has 1 aromatic heterocycles. The van der Waals surface area contributed by atoms with Crippen molar-refractivity contribution in [3.05, 3.63) is 58.7 Å². The smallest absolute Gasteiger partial charge is 0.257 e. The Bertz CT molecular complexity index is 600. The van der Waals surface area contributed by atoms with Crippen LogP contribution in [-0.2, 0) is 6.54 Å². The Kier molecular flexibility index (Phi) is 4.55. The molecule has 0 spiro atoms. The van der Waals surface area contributed by atoms with Crippen molar-refractivity contribution in [2.45, 2.75) is 6.54 Å². The van der Waals surface area contributed by atoms with Crippen molar-refractivity contribution in [2.24, 2.45) is 5.84 Å². The van der Waals surface area contributed by atoms with Gasteiger partial charge in [0.1, 0.15) is 0 Å². The minimum atomic E-state index is -0.152. The van der Waals surface area contributed by atoms with E-state index in [0.717, 1.165) is 5.56 Å². The SMILES string of the molecule is CN(Cc1ccc(Cl)cc1)C(=O)c1cccnc1NN. The number of pyridine rings is 1. The molecular weight excluding hydrogens is 276 g/mol. The fourth-order valence-corrected chi connectivity index (χ4v) is 1.96. The Morgan fingerprint density at radius 1 is 1.35 bits per heavy atom. The first kappa shape index (κ1) is 14.3. The van der Waals surface area contributed by atoms with E-state index in [4.69, 9.17) is 17.4 Å². The van der Waals surface area contributed by atoms with Crippen LogP contribution in [0.4, 0.5) is 5.82 Å². The minimum Gasteiger partial charge on any atom is -0.337 e. The van der Waals surface area contributed by atoms with Gasteiger partial charge in [0.2, 0.25) is 0 Å². The number of rotatable bonds is 4. The van der Waals surface area contributed by atoms with Crippen molar-refractivity contribution < 1.29 is 4.79 Å². The Morgan fingerprint density at radius 3 is 2.70 bits per heavy atom. The minimum absolute atomic E-state index is 0.152. The van der Waals surface area contributed by atoms with Gasteiger partial charge in [-0.15, -0.1) is 0 Å². The summed E-state index contributed by atoms with van der Waals surface area (Å²) >= 11 is 5.84. The quantitative estimate of drug-likeness (QED) is 0.669. The van der Waals surface area contributed by atoms with Gasteiger partial charge in [0.05, 0.1) is 5.56 Å². The lowest BCUT2D eigenvalue weighted by Gasteiger charge is -2.18. The summed E-state index contributed by atoms with van der Waals surface area (Å²) in [6.45, 7) is 0.481. The highest BCUT2D eigenvalue weighted by Gasteiger charge is 2.16. The first-order valence-corrected chi connectivity index (χ1v) is 6.41. The van der Waals surface area contributed by atoms with Crippen LogP contribution in [0.15, 0.2) is 42.6 Å². The highest BCUT2D eigenvalue weighted by molar-refractivity contribution is 6.30. The molecule has 5 nitrogen and oxygen atoms in total. The zero-order chi connectivity index (χ0) is 14.5. The molecular formula is C14H15ClN4O. The second kappa shape index (κ2) is 6.36. The number of nitrogen functional groups attached to an aromatic ring is 1. The van der Waals surface area contributed by atoms with E-state index in [1.54, 1.807) is 42.4 Å². The number of hydrogen-bond acceptors (Lipinski definition) is 4. The van der Waals surface area contributed by atoms with Crippen LogP contribution in [-0.4, -0.2) is 22.8 Å². The van der Waals surface area contributed by atoms with Crippen LogP contribution >= 0.6 is 11.6 Å². The molecule has 0 unspecified atom stereocenters. The molecule has 0 aliphatic carbocycles. The summed E-state index contributed by atoms with van der Waals surface area (Å²) in [5, 5.41) is 0.671. The van der Waals surface area contributed by atoms with E-state index < -0.39 is 0 Å². The first-order valence-electron chi connectivity index (χ1n) is 6.03. The number of hydrogen-bond donors (Lipinski definition) is 2. The molecule has 0 saturated heterocycles. The number of halogens is 1. The normalized spacial score (nSPS) is 10.2. The van der Waals surface area contributed by atoms with Crippen molar-refractivity contribution in [1.82, 2.24) is 9.88 Å². The topological polar surface area (TPSA) is 71.2 Å². The van der Waals surface area contributed by atoms with E-state index in [-0.39, 0.29) is 5.91 Å². The number of benzene rings is 1. The van der Waals surface area contributed by atoms with Gasteiger partial charge in [-0.2, -0.15) is 0 Å². The molecule has 2 rings (SSSR count). The summed E-state index contributed by atoms with van der Waals surface area (Å²) in [6.07, 6.45) is 1.57. The molecule has 2 aromatic rings. The van der Waals surface area contributed by atoms with E-state index in [0.29, 0.717) is 22.9 Å². The molecule has 20 heavy (non-hydrogen) atoms. The Labute approximate surface area is 122 Å². The van der Waals surface area contributed by atoms with Gasteiger partial charge in [-0.3, -0.25) is 4.79 Å². The Hall–Kier alpha value is -2.11. The van der Waals surface area contributed by atoms with Crippen LogP contribution in [0.5, 0.6) is 0 Å². The van der Waals surface area contributed by atoms with Gasteiger partial charge in [0, 0.05) is 24.8 Å². The molecule has 1 aromatic carbocycles. The van der Waals surface area contributed by atoms with Crippen molar-refractivity contribution in [2.75, 3.05) is 12.5 Å². The maximum atomic E-state index is 12.4. The maximum absolute atomic E-state index is 12.4. The molecule has 0 bridgehead atoms. The number of nitrogens with zero attached hydrogens (tertiary/aromatic N) is 2. The number of hydrazine groups is 1. The number of nitrogens with one attached hydrogen (secondary N) is 1. The molecule has 0 radical (unpaired) electrons. The summed E-state index contributed by atoms with van der Waals surface area (Å²) < 4.78 is 0. The van der Waals surface area contributed by atoms with Gasteiger partial charge in [-0.1, -0.05) is 23.7 Å². The third-order valence-electron chi connectivity index (χ3n) is 2.85. The lowest BCUT2D eigenvalue weighted by atomic mass is 10.2. The van der Waals surface area contributed by atoms with Crippen LogP contribution in [0.25, 0.3) is 0 Å². The number of carbonyl (C=O) groups is 1. The lowest BCUT2D eigenvalue weighted by Crippen LogP contribution is -2.28. The van der Waals surface area contributed by atoms with Gasteiger partial charge in [-0.05, 0) is 29.8 Å². The van der Waals surface area contributed by atoms with Crippen molar-refractivity contribution in [3.8, 4) is 0 Å². The largest absolute Gasteiger partial charge is 0.337 e. The molecule has 0 aliphatic heterocycles. The Morgan fingerprint density at radius 2 is 2.05 bits per heavy atom. The van der Waals surface area contributed by atoms with Gasteiger partial charge in [0.25, 0.3) is 5.91 Å². The van der Waals surface area contributed by atoms with Crippen LogP contribution in [0, 0.1) is 0 Å². The van der Waals surface area contributed by atoms with Gasteiger partial charge in [-0.25, -0.2) is 10.8 Å². The number of nitrogens with two attached hydrogens (primary N) is 1. The van der Waals surface area contributed by atoms with E-state index in [1.165, 1.54) is 0 Å². The zero-order valence-electron chi connectivity index (χ0n) is 11.0. The number of carbonyl (C=O) groups excluding carboxylic acids is 1. The Balaban J connectivity index is 2.14. The molecule has 1 amide bonds. The van der Waals surface area contributed by atoms with Crippen LogP contribution in [0.3, 0.4) is 0 Å². The maximum Gasteiger partial charge on any atom is 0.257 e. The van der Waals surface area contributed by atoms with E-state index in [9.17, 15) is 4.79 Å². The molecule has 0 atom stereocenters. The fraction of sp³-hybridized carbons (Fsp3) is 0.143. The molecule has 3 N–H and O–H groups in total. The predicted molar refractivity (Wildman–Crippen MR) is 79.3 cm³/mol. The van der Waals surface area contributed by atoms with Crippen molar-refractivity contribution >= 4 is 23.3 Å². The second-order valence-electron chi connectivity index (χ2n) is 4.33. The van der Waals surface area contributed by atoms with Crippen LogP contribution in [0.1, 0.15) is 15.9 Å². The van der Waals surface area contributed by atoms with E-state index in [1.807, 2.05) is 12.1 Å². The van der Waals surface area contributed by atoms with Gasteiger partial charge < -0.3 is 10.3 Å². The van der Waals surface area contributed by atoms with Crippen molar-refractivity contribution in [3.63, 3.8) is 0 Å². The molecule has 104 valence electrons. The summed E-state index contributed by atoms with van der Waals surface area (Å²) in [6, 6.07) is 10.8. The third kappa shape index (κ3) is 3.26. The lowest BCUT2D eigenvalue weighted by molar-refractivity contribution is 0.0785. The number of amides is 1. The molecule has 6 heteroatoms. The highest BCUT2D eigenvalue weighted by Crippen LogP contribution is 2.15. The zero-order valence-corrected chi connectivity index (χ0v) is 11.8. The predicted octanol–water partition coefficient (Wildman–Crippen LogP) is 2.29. The average Bonchev–Trinajstić information content (AvgIpc) is 2.48. The van der Waals surface area contributed by atoms with E-state index in [2.05, 4.69) is 10.4 Å². The van der Waals surface area contributed by atoms with Gasteiger partial charge >= 0.3 is 0 Å². The van der Waals surface area contributed by atoms with Crippen molar-refractivity contribution in [1.29, 1.82) is 0 Å². The molecule has 0 fully saturated rings. The summed E-state index contributed by atoms with van der Waals surface area (Å²) in [7, 11) is 1.73. The molecule has 0 saturated carbocycles. The third-order valence-corrected chi connectivity index (χ3v) is 3.11. The average molecular weight is 291 g/mol. The standard InChI is InChI=1S/C14H15ClN4O/c1-19(9-10-4-6-11(15)7-5-10)14(20)12-3-2-8-17-13(12)18-16/h2-8H,9,16H2,1H3,(H,17,18). The fourth-order valence-electron chi connectivity index (χ4n) is 1.83. The molecule has 1 heterocycles. The number of anilines is 1. The molecule has 0 aliphatic rings. The monoisotopic (exact) mass is 290 g/mol. The summed E-state index contributed by atoms with van der Waals surface area (Å²) in [4.78, 5) is 18.0. The van der Waals surface area contributed by atoms with Gasteiger partial charge in [0.15, 0.2) is 5.82 Å². The second-order valence-corrected chi connectivity index (χ2v) is 4.77. The summed E-state index contributed by atoms with van der Waals surface area (Å²) in [5.41, 5.74) is 3.86. The highest BCUT2D eigenvalue weighted by atomic mass is 35.5.